The van der Waals surface area contributed by atoms with Crippen molar-refractivity contribution in [1.82, 2.24) is 10.2 Å². The van der Waals surface area contributed by atoms with Crippen molar-refractivity contribution in [2.75, 3.05) is 52.3 Å². The molecular weight excluding hydrogens is 394 g/mol. The van der Waals surface area contributed by atoms with Gasteiger partial charge in [-0.05, 0) is 58.4 Å². The average molecular weight is 436 g/mol. The fourth-order valence-electron chi connectivity index (χ4n) is 3.88. The summed E-state index contributed by atoms with van der Waals surface area (Å²) in [6, 6.07) is 5.44. The van der Waals surface area contributed by atoms with Crippen molar-refractivity contribution >= 4 is 11.6 Å². The van der Waals surface area contributed by atoms with Crippen LogP contribution in [0, 0.1) is 5.92 Å². The van der Waals surface area contributed by atoms with Crippen LogP contribution >= 0.6 is 0 Å². The van der Waals surface area contributed by atoms with Crippen LogP contribution in [0.4, 0.5) is 5.69 Å². The van der Waals surface area contributed by atoms with Crippen molar-refractivity contribution in [2.24, 2.45) is 5.92 Å². The molecule has 2 N–H and O–H groups in total. The van der Waals surface area contributed by atoms with Crippen molar-refractivity contribution in [3.05, 3.63) is 23.8 Å². The number of likely N-dealkylation sites (N-methyl/N-ethyl adjacent to an activating group) is 1. The van der Waals surface area contributed by atoms with E-state index in [-0.39, 0.29) is 36.7 Å². The number of ether oxygens (including phenoxy) is 2. The predicted octanol–water partition coefficient (Wildman–Crippen LogP) is 2.77. The highest BCUT2D eigenvalue weighted by atomic mass is 16.5. The number of fused-ring (bicyclic) bond motifs is 1. The highest BCUT2D eigenvalue weighted by Crippen LogP contribution is 2.29. The number of aliphatic hydroxyl groups is 1. The second kappa shape index (κ2) is 12.3. The Bertz CT molecular complexity index is 697. The lowest BCUT2D eigenvalue weighted by atomic mass is 10.0. The molecule has 7 heteroatoms. The van der Waals surface area contributed by atoms with Crippen LogP contribution in [0.25, 0.3) is 0 Å². The van der Waals surface area contributed by atoms with Crippen LogP contribution in [-0.2, 0) is 4.74 Å². The van der Waals surface area contributed by atoms with Crippen LogP contribution < -0.4 is 15.0 Å². The number of hydrogen-bond donors (Lipinski definition) is 2. The first-order valence-corrected chi connectivity index (χ1v) is 11.4. The van der Waals surface area contributed by atoms with E-state index in [1.165, 1.54) is 0 Å². The van der Waals surface area contributed by atoms with Gasteiger partial charge in [-0.2, -0.15) is 0 Å². The lowest BCUT2D eigenvalue weighted by Crippen LogP contribution is -2.47. The molecule has 1 amide bonds. The van der Waals surface area contributed by atoms with E-state index in [1.54, 1.807) is 4.90 Å². The van der Waals surface area contributed by atoms with Crippen LogP contribution in [-0.4, -0.2) is 81.6 Å². The molecule has 176 valence electrons. The minimum Gasteiger partial charge on any atom is -0.490 e. The zero-order chi connectivity index (χ0) is 23.0. The number of carbonyl (C=O) groups excluding carboxylic acids is 1. The smallest absolute Gasteiger partial charge is 0.258 e. The summed E-state index contributed by atoms with van der Waals surface area (Å²) in [5.74, 6) is 0.583. The Labute approximate surface area is 187 Å². The minimum absolute atomic E-state index is 0.00422. The summed E-state index contributed by atoms with van der Waals surface area (Å²) >= 11 is 0. The maximum Gasteiger partial charge on any atom is 0.258 e. The molecule has 1 heterocycles. The number of nitrogens with one attached hydrogen (secondary N) is 1. The molecule has 7 nitrogen and oxygen atoms in total. The Morgan fingerprint density at radius 3 is 2.68 bits per heavy atom. The second-order valence-corrected chi connectivity index (χ2v) is 8.93. The molecule has 0 fully saturated rings. The molecule has 0 bridgehead atoms. The van der Waals surface area contributed by atoms with E-state index in [4.69, 9.17) is 9.47 Å². The summed E-state index contributed by atoms with van der Waals surface area (Å²) in [4.78, 5) is 17.5. The van der Waals surface area contributed by atoms with Crippen molar-refractivity contribution in [2.45, 2.75) is 58.3 Å². The first-order chi connectivity index (χ1) is 14.8. The average Bonchev–Trinajstić information content (AvgIpc) is 2.74. The van der Waals surface area contributed by atoms with Gasteiger partial charge in [0.05, 0.1) is 30.4 Å². The molecule has 0 aliphatic carbocycles. The molecular formula is C24H41N3O4. The SMILES string of the molecule is CNC[C@@H]1OCCCC[C@H](C)Oc2ccc(N(C)C)cc2C(=O)N([C@@H](C)CO)C[C@H]1C. The fourth-order valence-corrected chi connectivity index (χ4v) is 3.88. The molecule has 1 aliphatic rings. The number of rotatable bonds is 5. The first kappa shape index (κ1) is 25.4. The topological polar surface area (TPSA) is 74.3 Å². The zero-order valence-electron chi connectivity index (χ0n) is 20.1. The van der Waals surface area contributed by atoms with Gasteiger partial charge in [0.15, 0.2) is 0 Å². The normalized spacial score (nSPS) is 24.7. The van der Waals surface area contributed by atoms with Gasteiger partial charge in [-0.15, -0.1) is 0 Å². The lowest BCUT2D eigenvalue weighted by molar-refractivity contribution is -0.000449. The third-order valence-corrected chi connectivity index (χ3v) is 5.96. The van der Waals surface area contributed by atoms with Crippen LogP contribution in [0.1, 0.15) is 50.4 Å². The van der Waals surface area contributed by atoms with Gasteiger partial charge < -0.3 is 29.7 Å². The van der Waals surface area contributed by atoms with Gasteiger partial charge in [0, 0.05) is 45.4 Å². The Hall–Kier alpha value is -1.83. The van der Waals surface area contributed by atoms with Crippen LogP contribution in [0.2, 0.25) is 0 Å². The second-order valence-electron chi connectivity index (χ2n) is 8.93. The van der Waals surface area contributed by atoms with Gasteiger partial charge in [-0.3, -0.25) is 4.79 Å². The molecule has 0 spiro atoms. The molecule has 0 aromatic heterocycles. The Morgan fingerprint density at radius 2 is 2.03 bits per heavy atom. The molecule has 1 aromatic carbocycles. The molecule has 0 saturated carbocycles. The number of hydrogen-bond acceptors (Lipinski definition) is 6. The van der Waals surface area contributed by atoms with Crippen molar-refractivity contribution in [1.29, 1.82) is 0 Å². The summed E-state index contributed by atoms with van der Waals surface area (Å²) < 4.78 is 12.4. The third-order valence-electron chi connectivity index (χ3n) is 5.96. The Morgan fingerprint density at radius 1 is 1.29 bits per heavy atom. The summed E-state index contributed by atoms with van der Waals surface area (Å²) in [5.41, 5.74) is 1.47. The summed E-state index contributed by atoms with van der Waals surface area (Å²) in [5, 5.41) is 13.1. The molecule has 2 rings (SSSR count). The predicted molar refractivity (Wildman–Crippen MR) is 125 cm³/mol. The Balaban J connectivity index is 2.47. The van der Waals surface area contributed by atoms with E-state index in [9.17, 15) is 9.90 Å². The van der Waals surface area contributed by atoms with Crippen LogP contribution in [0.15, 0.2) is 18.2 Å². The quantitative estimate of drug-likeness (QED) is 0.741. The maximum absolute atomic E-state index is 13.8. The molecule has 4 atom stereocenters. The van der Waals surface area contributed by atoms with Crippen LogP contribution in [0.3, 0.4) is 0 Å². The first-order valence-electron chi connectivity index (χ1n) is 11.4. The molecule has 0 saturated heterocycles. The molecule has 0 radical (unpaired) electrons. The van der Waals surface area contributed by atoms with Gasteiger partial charge in [0.25, 0.3) is 5.91 Å². The summed E-state index contributed by atoms with van der Waals surface area (Å²) in [6.07, 6.45) is 2.87. The van der Waals surface area contributed by atoms with E-state index < -0.39 is 0 Å². The molecule has 31 heavy (non-hydrogen) atoms. The van der Waals surface area contributed by atoms with E-state index in [1.807, 2.05) is 58.1 Å². The van der Waals surface area contributed by atoms with Crippen molar-refractivity contribution in [3.8, 4) is 5.75 Å². The number of nitrogens with zero attached hydrogens (tertiary/aromatic N) is 2. The fraction of sp³-hybridized carbons (Fsp3) is 0.708. The summed E-state index contributed by atoms with van der Waals surface area (Å²) in [6.45, 7) is 7.83. The largest absolute Gasteiger partial charge is 0.490 e. The number of anilines is 1. The van der Waals surface area contributed by atoms with Gasteiger partial charge in [-0.25, -0.2) is 0 Å². The summed E-state index contributed by atoms with van der Waals surface area (Å²) in [7, 11) is 5.82. The standard InChI is InChI=1S/C24H41N3O4/c1-17-15-27(18(2)16-28)24(29)21-13-20(26(5)6)10-11-22(21)31-19(3)9-7-8-12-30-23(17)14-25-4/h10-11,13,17-19,23,25,28H,7-9,12,14-16H2,1-6H3/t17-,18+,19+,23+/m1/s1. The van der Waals surface area contributed by atoms with Gasteiger partial charge in [-0.1, -0.05) is 6.92 Å². The molecule has 1 aromatic rings. The van der Waals surface area contributed by atoms with Gasteiger partial charge in [0.2, 0.25) is 0 Å². The Kier molecular flexibility index (Phi) is 10.1. The van der Waals surface area contributed by atoms with E-state index in [0.717, 1.165) is 31.5 Å². The van der Waals surface area contributed by atoms with Crippen molar-refractivity contribution in [3.63, 3.8) is 0 Å². The molecule has 0 unspecified atom stereocenters. The van der Waals surface area contributed by atoms with E-state index >= 15 is 0 Å². The highest BCUT2D eigenvalue weighted by molar-refractivity contribution is 5.98. The van der Waals surface area contributed by atoms with E-state index in [0.29, 0.717) is 24.5 Å². The third kappa shape index (κ3) is 7.09. The number of aliphatic hydroxyl groups excluding tert-OH is 1. The number of amides is 1. The van der Waals surface area contributed by atoms with Gasteiger partial charge in [0.1, 0.15) is 5.75 Å². The monoisotopic (exact) mass is 435 g/mol. The lowest BCUT2D eigenvalue weighted by Gasteiger charge is -2.34. The minimum atomic E-state index is -0.314. The number of benzene rings is 1. The van der Waals surface area contributed by atoms with Crippen molar-refractivity contribution < 1.29 is 19.4 Å². The maximum atomic E-state index is 13.8. The number of carbonyl (C=O) groups is 1. The van der Waals surface area contributed by atoms with Crippen LogP contribution in [0.5, 0.6) is 5.75 Å². The van der Waals surface area contributed by atoms with E-state index in [2.05, 4.69) is 12.2 Å². The zero-order valence-corrected chi connectivity index (χ0v) is 20.1. The highest BCUT2D eigenvalue weighted by Gasteiger charge is 2.29. The van der Waals surface area contributed by atoms with Gasteiger partial charge >= 0.3 is 0 Å². The molecule has 1 aliphatic heterocycles.